The smallest absolute Gasteiger partial charge is 0.231 e. The molecule has 0 amide bonds. The zero-order valence-corrected chi connectivity index (χ0v) is 11.5. The van der Waals surface area contributed by atoms with Crippen molar-refractivity contribution in [1.82, 2.24) is 5.32 Å². The molecule has 1 aromatic rings. The lowest BCUT2D eigenvalue weighted by molar-refractivity contribution is 0.174. The molecule has 2 heterocycles. The van der Waals surface area contributed by atoms with Crippen LogP contribution < -0.4 is 19.7 Å². The number of benzene rings is 1. The molecule has 2 aliphatic heterocycles. The van der Waals surface area contributed by atoms with Gasteiger partial charge in [-0.05, 0) is 51.4 Å². The highest BCUT2D eigenvalue weighted by molar-refractivity contribution is 5.57. The molecule has 1 unspecified atom stereocenters. The van der Waals surface area contributed by atoms with Crippen LogP contribution in [0.5, 0.6) is 11.5 Å². The molecular formula is C15H22N2O2. The number of nitrogens with one attached hydrogen (secondary N) is 1. The maximum atomic E-state index is 5.49. The van der Waals surface area contributed by atoms with Crippen LogP contribution in [-0.2, 0) is 0 Å². The van der Waals surface area contributed by atoms with E-state index >= 15 is 0 Å². The summed E-state index contributed by atoms with van der Waals surface area (Å²) in [5.41, 5.74) is 1.27. The third-order valence-electron chi connectivity index (χ3n) is 4.04. The van der Waals surface area contributed by atoms with Crippen LogP contribution in [0.3, 0.4) is 0 Å². The van der Waals surface area contributed by atoms with Crippen LogP contribution >= 0.6 is 0 Å². The molecule has 104 valence electrons. The van der Waals surface area contributed by atoms with Crippen molar-refractivity contribution in [3.05, 3.63) is 18.2 Å². The Balaban J connectivity index is 1.78. The largest absolute Gasteiger partial charge is 0.454 e. The fourth-order valence-corrected chi connectivity index (χ4v) is 3.02. The van der Waals surface area contributed by atoms with Gasteiger partial charge in [-0.15, -0.1) is 0 Å². The molecule has 0 saturated carbocycles. The number of anilines is 1. The Bertz CT molecular complexity index is 436. The van der Waals surface area contributed by atoms with Crippen LogP contribution in [0.1, 0.15) is 25.7 Å². The highest BCUT2D eigenvalue weighted by atomic mass is 16.7. The molecule has 0 bridgehead atoms. The minimum atomic E-state index is 0.349. The van der Waals surface area contributed by atoms with E-state index in [4.69, 9.17) is 9.47 Å². The first-order valence-electron chi connectivity index (χ1n) is 7.19. The van der Waals surface area contributed by atoms with E-state index in [1.807, 2.05) is 13.1 Å². The predicted molar refractivity (Wildman–Crippen MR) is 76.1 cm³/mol. The molecule has 3 rings (SSSR count). The normalized spacial score (nSPS) is 21.7. The summed E-state index contributed by atoms with van der Waals surface area (Å²) in [5.74, 6) is 1.75. The molecule has 1 fully saturated rings. The molecule has 1 saturated heterocycles. The Morgan fingerprint density at radius 3 is 3.05 bits per heavy atom. The Morgan fingerprint density at radius 1 is 1.26 bits per heavy atom. The van der Waals surface area contributed by atoms with E-state index < -0.39 is 0 Å². The van der Waals surface area contributed by atoms with Crippen molar-refractivity contribution in [2.45, 2.75) is 31.7 Å². The number of rotatable bonds is 4. The third kappa shape index (κ3) is 2.63. The summed E-state index contributed by atoms with van der Waals surface area (Å²) in [5, 5.41) is 3.26. The van der Waals surface area contributed by atoms with Gasteiger partial charge in [0.2, 0.25) is 6.79 Å². The van der Waals surface area contributed by atoms with Crippen LogP contribution in [0.15, 0.2) is 18.2 Å². The van der Waals surface area contributed by atoms with Gasteiger partial charge in [0.25, 0.3) is 0 Å². The maximum absolute atomic E-state index is 5.49. The average Bonchev–Trinajstić information content (AvgIpc) is 2.92. The van der Waals surface area contributed by atoms with Crippen molar-refractivity contribution in [3.63, 3.8) is 0 Å². The predicted octanol–water partition coefficient (Wildman–Crippen LogP) is 2.38. The average molecular weight is 262 g/mol. The summed E-state index contributed by atoms with van der Waals surface area (Å²) in [6, 6.07) is 6.95. The summed E-state index contributed by atoms with van der Waals surface area (Å²) in [7, 11) is 2.02. The molecule has 4 nitrogen and oxygen atoms in total. The first-order valence-corrected chi connectivity index (χ1v) is 7.19. The van der Waals surface area contributed by atoms with Crippen molar-refractivity contribution < 1.29 is 9.47 Å². The van der Waals surface area contributed by atoms with Crippen molar-refractivity contribution in [1.29, 1.82) is 0 Å². The minimum absolute atomic E-state index is 0.349. The number of hydrogen-bond donors (Lipinski definition) is 1. The lowest BCUT2D eigenvalue weighted by Crippen LogP contribution is -2.41. The summed E-state index contributed by atoms with van der Waals surface area (Å²) in [6.07, 6.45) is 5.11. The molecule has 0 aliphatic carbocycles. The van der Waals surface area contributed by atoms with Crippen molar-refractivity contribution in [2.24, 2.45) is 0 Å². The van der Waals surface area contributed by atoms with Gasteiger partial charge in [0.15, 0.2) is 11.5 Å². The number of piperidine rings is 1. The van der Waals surface area contributed by atoms with Gasteiger partial charge in [-0.3, -0.25) is 0 Å². The van der Waals surface area contributed by atoms with Crippen LogP contribution in [-0.4, -0.2) is 33.0 Å². The zero-order chi connectivity index (χ0) is 13.1. The van der Waals surface area contributed by atoms with Gasteiger partial charge in [0.05, 0.1) is 0 Å². The van der Waals surface area contributed by atoms with E-state index in [2.05, 4.69) is 22.3 Å². The lowest BCUT2D eigenvalue weighted by Gasteiger charge is -2.37. The van der Waals surface area contributed by atoms with E-state index in [-0.39, 0.29) is 0 Å². The molecule has 0 radical (unpaired) electrons. The monoisotopic (exact) mass is 262 g/mol. The van der Waals surface area contributed by atoms with Gasteiger partial charge in [-0.1, -0.05) is 0 Å². The third-order valence-corrected chi connectivity index (χ3v) is 4.04. The molecule has 1 N–H and O–H groups in total. The number of hydrogen-bond acceptors (Lipinski definition) is 4. The number of fused-ring (bicyclic) bond motifs is 1. The maximum Gasteiger partial charge on any atom is 0.231 e. The van der Waals surface area contributed by atoms with Gasteiger partial charge in [-0.25, -0.2) is 0 Å². The van der Waals surface area contributed by atoms with Crippen LogP contribution in [0.4, 0.5) is 5.69 Å². The minimum Gasteiger partial charge on any atom is -0.454 e. The van der Waals surface area contributed by atoms with E-state index in [9.17, 15) is 0 Å². The summed E-state index contributed by atoms with van der Waals surface area (Å²) >= 11 is 0. The molecule has 19 heavy (non-hydrogen) atoms. The zero-order valence-electron chi connectivity index (χ0n) is 11.5. The van der Waals surface area contributed by atoms with Crippen LogP contribution in [0.25, 0.3) is 0 Å². The molecule has 0 aromatic heterocycles. The van der Waals surface area contributed by atoms with Crippen molar-refractivity contribution >= 4 is 5.69 Å². The molecule has 1 aromatic carbocycles. The van der Waals surface area contributed by atoms with E-state index in [0.29, 0.717) is 12.8 Å². The van der Waals surface area contributed by atoms with Crippen molar-refractivity contribution in [2.75, 3.05) is 31.8 Å². The molecule has 0 spiro atoms. The van der Waals surface area contributed by atoms with Crippen LogP contribution in [0, 0.1) is 0 Å². The SMILES string of the molecule is CNCCC1CCCCN1c1ccc2c(c1)OCO2. The first-order chi connectivity index (χ1) is 9.38. The quantitative estimate of drug-likeness (QED) is 0.903. The van der Waals surface area contributed by atoms with Gasteiger partial charge in [-0.2, -0.15) is 0 Å². The standard InChI is InChI=1S/C15H22N2O2/c1-16-8-7-12-4-2-3-9-17(12)13-5-6-14-15(10-13)19-11-18-14/h5-6,10,12,16H,2-4,7-9,11H2,1H3. The van der Waals surface area contributed by atoms with E-state index in [0.717, 1.165) is 24.6 Å². The summed E-state index contributed by atoms with van der Waals surface area (Å²) < 4.78 is 10.9. The second-order valence-corrected chi connectivity index (χ2v) is 5.27. The Morgan fingerprint density at radius 2 is 2.16 bits per heavy atom. The topological polar surface area (TPSA) is 33.7 Å². The Hall–Kier alpha value is -1.42. The molecule has 2 aliphatic rings. The molecule has 1 atom stereocenters. The van der Waals surface area contributed by atoms with Gasteiger partial charge in [0.1, 0.15) is 0 Å². The second-order valence-electron chi connectivity index (χ2n) is 5.27. The lowest BCUT2D eigenvalue weighted by atomic mass is 9.98. The van der Waals surface area contributed by atoms with Gasteiger partial charge < -0.3 is 19.7 Å². The van der Waals surface area contributed by atoms with E-state index in [1.54, 1.807) is 0 Å². The molecular weight excluding hydrogens is 240 g/mol. The summed E-state index contributed by atoms with van der Waals surface area (Å²) in [6.45, 7) is 2.57. The second kappa shape index (κ2) is 5.70. The summed E-state index contributed by atoms with van der Waals surface area (Å²) in [4.78, 5) is 2.53. The Labute approximate surface area is 114 Å². The number of nitrogens with zero attached hydrogens (tertiary/aromatic N) is 1. The van der Waals surface area contributed by atoms with Gasteiger partial charge in [0, 0.05) is 24.3 Å². The Kier molecular flexibility index (Phi) is 3.78. The fraction of sp³-hybridized carbons (Fsp3) is 0.600. The fourth-order valence-electron chi connectivity index (χ4n) is 3.02. The first kappa shape index (κ1) is 12.6. The highest BCUT2D eigenvalue weighted by Gasteiger charge is 2.24. The van der Waals surface area contributed by atoms with Gasteiger partial charge >= 0.3 is 0 Å². The molecule has 4 heteroatoms. The van der Waals surface area contributed by atoms with E-state index in [1.165, 1.54) is 31.4 Å². The van der Waals surface area contributed by atoms with Crippen LogP contribution in [0.2, 0.25) is 0 Å². The highest BCUT2D eigenvalue weighted by Crippen LogP contribution is 2.37. The van der Waals surface area contributed by atoms with Crippen molar-refractivity contribution in [3.8, 4) is 11.5 Å². The number of ether oxygens (including phenoxy) is 2.